The lowest BCUT2D eigenvalue weighted by Crippen LogP contribution is -1.72. The minimum Gasteiger partial charge on any atom is -0.440 e. The number of hydrogen-bond donors (Lipinski definition) is 0. The van der Waals surface area contributed by atoms with Gasteiger partial charge in [-0.25, -0.2) is 4.98 Å². The highest BCUT2D eigenvalue weighted by Gasteiger charge is 1.93. The minimum atomic E-state index is 0.562. The second-order valence-electron chi connectivity index (χ2n) is 1.73. The maximum atomic E-state index is 5.43. The molecule has 0 amide bonds. The van der Waals surface area contributed by atoms with Crippen molar-refractivity contribution in [2.75, 3.05) is 11.6 Å². The van der Waals surface area contributed by atoms with Gasteiger partial charge in [-0.3, -0.25) is 0 Å². The van der Waals surface area contributed by atoms with E-state index in [2.05, 4.69) is 4.98 Å². The molecule has 1 heterocycles. The van der Waals surface area contributed by atoms with Crippen molar-refractivity contribution < 1.29 is 4.42 Å². The van der Waals surface area contributed by atoms with Gasteiger partial charge in [-0.1, -0.05) is 23.9 Å². The van der Waals surface area contributed by atoms with Crippen molar-refractivity contribution in [2.45, 2.75) is 5.22 Å². The Morgan fingerprint density at radius 1 is 1.64 bits per heavy atom. The van der Waals surface area contributed by atoms with E-state index in [-0.39, 0.29) is 0 Å². The molecule has 2 nitrogen and oxygen atoms in total. The van der Waals surface area contributed by atoms with E-state index in [4.69, 9.17) is 16.0 Å². The molecule has 0 unspecified atom stereocenters. The van der Waals surface area contributed by atoms with Gasteiger partial charge in [-0.05, 0) is 0 Å². The summed E-state index contributed by atoms with van der Waals surface area (Å²) in [6.45, 7) is 0. The Labute approximate surface area is 74.6 Å². The molecule has 0 aliphatic carbocycles. The molecule has 1 rings (SSSR count). The van der Waals surface area contributed by atoms with Crippen LogP contribution in [-0.4, -0.2) is 16.6 Å². The summed E-state index contributed by atoms with van der Waals surface area (Å²) >= 11 is 6.97. The molecule has 0 atom stereocenters. The zero-order valence-corrected chi connectivity index (χ0v) is 7.44. The fourth-order valence-electron chi connectivity index (χ4n) is 0.532. The first-order chi connectivity index (χ1) is 5.43. The maximum absolute atomic E-state index is 5.43. The van der Waals surface area contributed by atoms with Crippen LogP contribution in [0.1, 0.15) is 0 Å². The molecule has 0 radical (unpaired) electrons. The summed E-state index contributed by atoms with van der Waals surface area (Å²) in [4.78, 5) is 3.94. The third-order valence-electron chi connectivity index (χ3n) is 0.968. The third kappa shape index (κ3) is 3.49. The van der Waals surface area contributed by atoms with E-state index in [1.807, 2.05) is 12.2 Å². The smallest absolute Gasteiger partial charge is 0.255 e. The Morgan fingerprint density at radius 3 is 3.18 bits per heavy atom. The molecule has 0 aliphatic heterocycles. The van der Waals surface area contributed by atoms with Crippen LogP contribution in [0.3, 0.4) is 0 Å². The second-order valence-corrected chi connectivity index (χ2v) is 3.01. The van der Waals surface area contributed by atoms with Gasteiger partial charge < -0.3 is 4.42 Å². The maximum Gasteiger partial charge on any atom is 0.255 e. The van der Waals surface area contributed by atoms with Crippen LogP contribution in [0.4, 0.5) is 0 Å². The quantitative estimate of drug-likeness (QED) is 0.414. The summed E-state index contributed by atoms with van der Waals surface area (Å²) in [6.07, 6.45) is 7.08. The summed E-state index contributed by atoms with van der Waals surface area (Å²) in [5.41, 5.74) is 0. The molecule has 0 aromatic carbocycles. The monoisotopic (exact) mass is 189 g/mol. The number of oxazole rings is 1. The zero-order chi connectivity index (χ0) is 7.94. The van der Waals surface area contributed by atoms with Gasteiger partial charge in [0.05, 0.1) is 6.20 Å². The van der Waals surface area contributed by atoms with Gasteiger partial charge in [0.25, 0.3) is 5.22 Å². The molecule has 11 heavy (non-hydrogen) atoms. The lowest BCUT2D eigenvalue weighted by molar-refractivity contribution is 0.454. The summed E-state index contributed by atoms with van der Waals surface area (Å²) in [5.74, 6) is 1.42. The van der Waals surface area contributed by atoms with Gasteiger partial charge >= 0.3 is 0 Å². The molecule has 0 saturated heterocycles. The van der Waals surface area contributed by atoms with E-state index in [1.54, 1.807) is 24.2 Å². The molecule has 0 aliphatic rings. The van der Waals surface area contributed by atoms with Gasteiger partial charge in [0.1, 0.15) is 6.26 Å². The van der Waals surface area contributed by atoms with Gasteiger partial charge in [0.2, 0.25) is 0 Å². The van der Waals surface area contributed by atoms with Crippen molar-refractivity contribution in [3.8, 4) is 0 Å². The molecule has 0 saturated carbocycles. The SMILES string of the molecule is ClC/C=C/CSc1ncco1. The predicted octanol–water partition coefficient (Wildman–Crippen LogP) is 2.56. The third-order valence-corrected chi connectivity index (χ3v) is 1.95. The largest absolute Gasteiger partial charge is 0.440 e. The van der Waals surface area contributed by atoms with Crippen LogP contribution >= 0.6 is 23.4 Å². The molecular formula is C7H8ClNOS. The van der Waals surface area contributed by atoms with Crippen molar-refractivity contribution in [1.82, 2.24) is 4.98 Å². The average molecular weight is 190 g/mol. The second kappa shape index (κ2) is 5.27. The van der Waals surface area contributed by atoms with Gasteiger partial charge in [-0.15, -0.1) is 11.6 Å². The van der Waals surface area contributed by atoms with E-state index in [1.165, 1.54) is 0 Å². The van der Waals surface area contributed by atoms with E-state index in [0.29, 0.717) is 11.1 Å². The molecule has 0 N–H and O–H groups in total. The average Bonchev–Trinajstić information content (AvgIpc) is 2.50. The molecule has 0 bridgehead atoms. The standard InChI is InChI=1S/C7H8ClNOS/c8-3-1-2-6-11-7-9-4-5-10-7/h1-2,4-5H,3,6H2/b2-1+. The fourth-order valence-corrected chi connectivity index (χ4v) is 1.29. The highest BCUT2D eigenvalue weighted by atomic mass is 35.5. The summed E-state index contributed by atoms with van der Waals surface area (Å²) in [7, 11) is 0. The zero-order valence-electron chi connectivity index (χ0n) is 5.87. The van der Waals surface area contributed by atoms with Crippen LogP contribution in [0.5, 0.6) is 0 Å². The molecule has 60 valence electrons. The Hall–Kier alpha value is -0.410. The minimum absolute atomic E-state index is 0.562. The number of halogens is 1. The first-order valence-electron chi connectivity index (χ1n) is 3.16. The van der Waals surface area contributed by atoms with Crippen molar-refractivity contribution in [2.24, 2.45) is 0 Å². The van der Waals surface area contributed by atoms with Crippen molar-refractivity contribution >= 4 is 23.4 Å². The predicted molar refractivity (Wildman–Crippen MR) is 47.1 cm³/mol. The number of alkyl halides is 1. The number of thioether (sulfide) groups is 1. The first kappa shape index (κ1) is 8.68. The topological polar surface area (TPSA) is 26.0 Å². The summed E-state index contributed by atoms with van der Waals surface area (Å²) in [5, 5.41) is 0.698. The number of nitrogens with zero attached hydrogens (tertiary/aromatic N) is 1. The molecule has 1 aromatic heterocycles. The molecular weight excluding hydrogens is 182 g/mol. The van der Waals surface area contributed by atoms with Crippen molar-refractivity contribution in [1.29, 1.82) is 0 Å². The number of allylic oxidation sites excluding steroid dienone is 1. The Morgan fingerprint density at radius 2 is 2.55 bits per heavy atom. The Kier molecular flexibility index (Phi) is 4.16. The van der Waals surface area contributed by atoms with Crippen LogP contribution in [0.15, 0.2) is 34.3 Å². The van der Waals surface area contributed by atoms with Crippen LogP contribution in [0.25, 0.3) is 0 Å². The van der Waals surface area contributed by atoms with E-state index < -0.39 is 0 Å². The van der Waals surface area contributed by atoms with Crippen LogP contribution in [0.2, 0.25) is 0 Å². The lowest BCUT2D eigenvalue weighted by atomic mass is 10.6. The van der Waals surface area contributed by atoms with E-state index in [0.717, 1.165) is 5.75 Å². The molecule has 1 aromatic rings. The molecule has 0 spiro atoms. The van der Waals surface area contributed by atoms with E-state index in [9.17, 15) is 0 Å². The van der Waals surface area contributed by atoms with Crippen molar-refractivity contribution in [3.05, 3.63) is 24.6 Å². The normalized spacial score (nSPS) is 11.0. The van der Waals surface area contributed by atoms with Crippen molar-refractivity contribution in [3.63, 3.8) is 0 Å². The molecule has 4 heteroatoms. The number of aromatic nitrogens is 1. The fraction of sp³-hybridized carbons (Fsp3) is 0.286. The van der Waals surface area contributed by atoms with Crippen LogP contribution in [0, 0.1) is 0 Å². The lowest BCUT2D eigenvalue weighted by Gasteiger charge is -1.87. The summed E-state index contributed by atoms with van der Waals surface area (Å²) < 4.78 is 5.00. The summed E-state index contributed by atoms with van der Waals surface area (Å²) in [6, 6.07) is 0. The number of rotatable bonds is 4. The van der Waals surface area contributed by atoms with E-state index >= 15 is 0 Å². The highest BCUT2D eigenvalue weighted by Crippen LogP contribution is 2.14. The number of hydrogen-bond acceptors (Lipinski definition) is 3. The van der Waals surface area contributed by atoms with Crippen LogP contribution < -0.4 is 0 Å². The molecule has 0 fully saturated rings. The van der Waals surface area contributed by atoms with Crippen LogP contribution in [-0.2, 0) is 0 Å². The van der Waals surface area contributed by atoms with Gasteiger partial charge in [0.15, 0.2) is 0 Å². The van der Waals surface area contributed by atoms with Gasteiger partial charge in [-0.2, -0.15) is 0 Å². The van der Waals surface area contributed by atoms with Gasteiger partial charge in [0, 0.05) is 11.6 Å². The Bertz CT molecular complexity index is 210. The Balaban J connectivity index is 2.19. The highest BCUT2D eigenvalue weighted by molar-refractivity contribution is 7.99. The first-order valence-corrected chi connectivity index (χ1v) is 4.68.